The first-order valence-corrected chi connectivity index (χ1v) is 5.86. The molecule has 0 saturated carbocycles. The Morgan fingerprint density at radius 2 is 2.05 bits per heavy atom. The van der Waals surface area contributed by atoms with Gasteiger partial charge in [-0.1, -0.05) is 19.1 Å². The number of hydrogen-bond acceptors (Lipinski definition) is 4. The third-order valence-corrected chi connectivity index (χ3v) is 2.52. The van der Waals surface area contributed by atoms with Crippen molar-refractivity contribution in [2.75, 3.05) is 25.0 Å². The fraction of sp³-hybridized carbons (Fsp3) is 0.308. The quantitative estimate of drug-likeness (QED) is 0.768. The Hall–Kier alpha value is -2.39. The first-order valence-electron chi connectivity index (χ1n) is 5.86. The smallest absolute Gasteiger partial charge is 0.238 e. The number of nitrogens with zero attached hydrogens (tertiary/aromatic N) is 2. The average Bonchev–Trinajstić information content (AvgIpc) is 2.38. The van der Waals surface area contributed by atoms with E-state index in [1.165, 1.54) is 0 Å². The van der Waals surface area contributed by atoms with Crippen molar-refractivity contribution in [3.63, 3.8) is 0 Å². The summed E-state index contributed by atoms with van der Waals surface area (Å²) in [5.74, 6) is -0.766. The highest BCUT2D eigenvalue weighted by atomic mass is 16.2. The van der Waals surface area contributed by atoms with Crippen LogP contribution in [0.1, 0.15) is 12.5 Å². The van der Waals surface area contributed by atoms with Crippen molar-refractivity contribution >= 4 is 17.5 Å². The molecular weight excluding hydrogens is 244 g/mol. The number of rotatable bonds is 6. The summed E-state index contributed by atoms with van der Waals surface area (Å²) in [5.41, 5.74) is 5.95. The van der Waals surface area contributed by atoms with Crippen molar-refractivity contribution in [2.24, 2.45) is 5.73 Å². The lowest BCUT2D eigenvalue weighted by atomic mass is 10.2. The summed E-state index contributed by atoms with van der Waals surface area (Å²) < 4.78 is 0. The number of primary amides is 1. The molecule has 100 valence electrons. The minimum atomic E-state index is -0.480. The van der Waals surface area contributed by atoms with E-state index in [1.54, 1.807) is 29.2 Å². The molecule has 1 rings (SSSR count). The van der Waals surface area contributed by atoms with Crippen molar-refractivity contribution in [1.82, 2.24) is 4.90 Å². The zero-order valence-corrected chi connectivity index (χ0v) is 10.7. The van der Waals surface area contributed by atoms with Gasteiger partial charge in [0.25, 0.3) is 0 Å². The molecular formula is C13H16N4O2. The molecule has 0 atom stereocenters. The van der Waals surface area contributed by atoms with Gasteiger partial charge in [-0.25, -0.2) is 0 Å². The molecule has 0 heterocycles. The van der Waals surface area contributed by atoms with Crippen molar-refractivity contribution in [1.29, 1.82) is 5.26 Å². The Balaban J connectivity index is 2.64. The van der Waals surface area contributed by atoms with E-state index in [0.717, 1.165) is 0 Å². The topological polar surface area (TPSA) is 99.2 Å². The maximum Gasteiger partial charge on any atom is 0.238 e. The Kier molecular flexibility index (Phi) is 5.51. The number of nitriles is 1. The van der Waals surface area contributed by atoms with E-state index in [2.05, 4.69) is 5.32 Å². The van der Waals surface area contributed by atoms with Gasteiger partial charge in [-0.15, -0.1) is 0 Å². The number of nitrogens with two attached hydrogens (primary N) is 1. The number of anilines is 1. The van der Waals surface area contributed by atoms with Crippen LogP contribution in [0.15, 0.2) is 24.3 Å². The van der Waals surface area contributed by atoms with Gasteiger partial charge in [-0.2, -0.15) is 5.26 Å². The summed E-state index contributed by atoms with van der Waals surface area (Å²) in [4.78, 5) is 24.2. The van der Waals surface area contributed by atoms with E-state index in [0.29, 0.717) is 17.8 Å². The molecule has 6 nitrogen and oxygen atoms in total. The second-order valence-electron chi connectivity index (χ2n) is 3.98. The fourth-order valence-corrected chi connectivity index (χ4v) is 1.58. The lowest BCUT2D eigenvalue weighted by Crippen LogP contribution is -2.39. The zero-order valence-electron chi connectivity index (χ0n) is 10.7. The number of amides is 2. The van der Waals surface area contributed by atoms with Gasteiger partial charge in [0.05, 0.1) is 24.3 Å². The predicted molar refractivity (Wildman–Crippen MR) is 71.1 cm³/mol. The van der Waals surface area contributed by atoms with Gasteiger partial charge in [0.15, 0.2) is 0 Å². The van der Waals surface area contributed by atoms with Crippen LogP contribution in [0, 0.1) is 11.3 Å². The molecule has 0 bridgehead atoms. The van der Waals surface area contributed by atoms with Crippen LogP contribution in [0.3, 0.4) is 0 Å². The van der Waals surface area contributed by atoms with E-state index in [4.69, 9.17) is 11.0 Å². The first-order chi connectivity index (χ1) is 9.06. The molecule has 0 aliphatic heterocycles. The molecule has 19 heavy (non-hydrogen) atoms. The Labute approximate surface area is 111 Å². The van der Waals surface area contributed by atoms with Gasteiger partial charge in [-0.3, -0.25) is 14.5 Å². The zero-order chi connectivity index (χ0) is 14.3. The standard InChI is InChI=1S/C13H16N4O2/c1-2-17(8-12(15)18)9-13(19)16-11-6-4-3-5-10(11)7-14/h3-6H,2,8-9H2,1H3,(H2,15,18)(H,16,19). The van der Waals surface area contributed by atoms with Gasteiger partial charge in [0.2, 0.25) is 11.8 Å². The highest BCUT2D eigenvalue weighted by molar-refractivity contribution is 5.93. The number of carbonyl (C=O) groups excluding carboxylic acids is 2. The van der Waals surface area contributed by atoms with Crippen molar-refractivity contribution in [2.45, 2.75) is 6.92 Å². The molecule has 0 aromatic heterocycles. The van der Waals surface area contributed by atoms with E-state index >= 15 is 0 Å². The number of benzene rings is 1. The highest BCUT2D eigenvalue weighted by Crippen LogP contribution is 2.13. The van der Waals surface area contributed by atoms with Gasteiger partial charge in [0, 0.05) is 0 Å². The summed E-state index contributed by atoms with van der Waals surface area (Å²) in [6, 6.07) is 8.73. The van der Waals surface area contributed by atoms with Crippen LogP contribution >= 0.6 is 0 Å². The van der Waals surface area contributed by atoms with E-state index in [9.17, 15) is 9.59 Å². The van der Waals surface area contributed by atoms with Crippen LogP contribution in [0.4, 0.5) is 5.69 Å². The van der Waals surface area contributed by atoms with Crippen molar-refractivity contribution < 1.29 is 9.59 Å². The molecule has 0 unspecified atom stereocenters. The van der Waals surface area contributed by atoms with Gasteiger partial charge >= 0.3 is 0 Å². The van der Waals surface area contributed by atoms with Crippen LogP contribution in [0.5, 0.6) is 0 Å². The summed E-state index contributed by atoms with van der Waals surface area (Å²) in [5, 5.41) is 11.5. The molecule has 3 N–H and O–H groups in total. The maximum atomic E-state index is 11.8. The van der Waals surface area contributed by atoms with Gasteiger partial charge < -0.3 is 11.1 Å². The Morgan fingerprint density at radius 3 is 2.63 bits per heavy atom. The van der Waals surface area contributed by atoms with Crippen LogP contribution in [-0.2, 0) is 9.59 Å². The van der Waals surface area contributed by atoms with E-state index in [1.807, 2.05) is 13.0 Å². The molecule has 1 aromatic carbocycles. The molecule has 0 spiro atoms. The molecule has 0 saturated heterocycles. The molecule has 0 aliphatic rings. The normalized spacial score (nSPS) is 9.95. The summed E-state index contributed by atoms with van der Waals surface area (Å²) in [7, 11) is 0. The van der Waals surface area contributed by atoms with Crippen molar-refractivity contribution in [3.8, 4) is 6.07 Å². The number of carbonyl (C=O) groups is 2. The fourth-order valence-electron chi connectivity index (χ4n) is 1.58. The van der Waals surface area contributed by atoms with Crippen LogP contribution in [-0.4, -0.2) is 36.3 Å². The third kappa shape index (κ3) is 4.77. The number of para-hydroxylation sites is 1. The molecule has 6 heteroatoms. The van der Waals surface area contributed by atoms with E-state index in [-0.39, 0.29) is 19.0 Å². The Morgan fingerprint density at radius 1 is 1.37 bits per heavy atom. The average molecular weight is 260 g/mol. The largest absolute Gasteiger partial charge is 0.369 e. The molecule has 0 fully saturated rings. The lowest BCUT2D eigenvalue weighted by Gasteiger charge is -2.18. The SMILES string of the molecule is CCN(CC(N)=O)CC(=O)Nc1ccccc1C#N. The number of hydrogen-bond donors (Lipinski definition) is 2. The molecule has 2 amide bonds. The van der Waals surface area contributed by atoms with Gasteiger partial charge in [-0.05, 0) is 18.7 Å². The highest BCUT2D eigenvalue weighted by Gasteiger charge is 2.12. The second kappa shape index (κ2) is 7.13. The van der Waals surface area contributed by atoms with Crippen molar-refractivity contribution in [3.05, 3.63) is 29.8 Å². The lowest BCUT2D eigenvalue weighted by molar-refractivity contribution is -0.121. The van der Waals surface area contributed by atoms with Gasteiger partial charge in [0.1, 0.15) is 6.07 Å². The molecule has 0 radical (unpaired) electrons. The Bertz CT molecular complexity index is 508. The predicted octanol–water partition coefficient (Wildman–Crippen LogP) is 0.304. The summed E-state index contributed by atoms with van der Waals surface area (Å²) >= 11 is 0. The third-order valence-electron chi connectivity index (χ3n) is 2.52. The number of likely N-dealkylation sites (N-methyl/N-ethyl adjacent to an activating group) is 1. The minimum absolute atomic E-state index is 0.0316. The van der Waals surface area contributed by atoms with Crippen LogP contribution in [0.2, 0.25) is 0 Å². The second-order valence-corrected chi connectivity index (χ2v) is 3.98. The number of nitrogens with one attached hydrogen (secondary N) is 1. The minimum Gasteiger partial charge on any atom is -0.369 e. The van der Waals surface area contributed by atoms with E-state index < -0.39 is 5.91 Å². The summed E-state index contributed by atoms with van der Waals surface area (Å²) in [6.07, 6.45) is 0. The summed E-state index contributed by atoms with van der Waals surface area (Å²) in [6.45, 7) is 2.46. The maximum absolute atomic E-state index is 11.8. The molecule has 1 aromatic rings. The van der Waals surface area contributed by atoms with Crippen LogP contribution < -0.4 is 11.1 Å². The first kappa shape index (κ1) is 14.7. The molecule has 0 aliphatic carbocycles. The monoisotopic (exact) mass is 260 g/mol. The van der Waals surface area contributed by atoms with Crippen LogP contribution in [0.25, 0.3) is 0 Å².